The SMILES string of the molecule is CCC12CCC1CC2(C)C#Cc1ccccc1. The van der Waals surface area contributed by atoms with Crippen LogP contribution < -0.4 is 0 Å². The molecule has 1 aromatic carbocycles. The summed E-state index contributed by atoms with van der Waals surface area (Å²) in [4.78, 5) is 0. The Bertz CT molecular complexity index is 472. The first-order valence-corrected chi connectivity index (χ1v) is 6.78. The Hall–Kier alpha value is -1.22. The molecule has 0 aliphatic heterocycles. The van der Waals surface area contributed by atoms with Crippen LogP contribution in [0.25, 0.3) is 0 Å². The van der Waals surface area contributed by atoms with Crippen molar-refractivity contribution in [2.24, 2.45) is 16.7 Å². The molecule has 0 heteroatoms. The highest BCUT2D eigenvalue weighted by molar-refractivity contribution is 5.38. The van der Waals surface area contributed by atoms with Gasteiger partial charge in [-0.3, -0.25) is 0 Å². The molecule has 2 aliphatic carbocycles. The second-order valence-corrected chi connectivity index (χ2v) is 5.90. The van der Waals surface area contributed by atoms with Gasteiger partial charge in [-0.1, -0.05) is 37.0 Å². The van der Waals surface area contributed by atoms with E-state index in [4.69, 9.17) is 0 Å². The summed E-state index contributed by atoms with van der Waals surface area (Å²) in [6, 6.07) is 10.4. The summed E-state index contributed by atoms with van der Waals surface area (Å²) in [6.45, 7) is 4.72. The van der Waals surface area contributed by atoms with E-state index in [1.54, 1.807) is 0 Å². The largest absolute Gasteiger partial charge is 0.0908 e. The molecule has 0 N–H and O–H groups in total. The molecule has 2 saturated carbocycles. The Morgan fingerprint density at radius 2 is 2.06 bits per heavy atom. The van der Waals surface area contributed by atoms with Gasteiger partial charge in [0, 0.05) is 11.0 Å². The van der Waals surface area contributed by atoms with E-state index in [0.29, 0.717) is 5.41 Å². The molecule has 3 rings (SSSR count). The number of hydrogen-bond acceptors (Lipinski definition) is 0. The third kappa shape index (κ3) is 1.38. The van der Waals surface area contributed by atoms with Crippen LogP contribution in [0.2, 0.25) is 0 Å². The van der Waals surface area contributed by atoms with E-state index in [2.05, 4.69) is 50.0 Å². The van der Waals surface area contributed by atoms with Crippen LogP contribution >= 0.6 is 0 Å². The first-order chi connectivity index (χ1) is 8.20. The molecule has 0 nitrogen and oxygen atoms in total. The van der Waals surface area contributed by atoms with Crippen LogP contribution in [0, 0.1) is 28.6 Å². The summed E-state index contributed by atoms with van der Waals surface area (Å²) >= 11 is 0. The summed E-state index contributed by atoms with van der Waals surface area (Å²) in [5.41, 5.74) is 2.00. The molecule has 2 fully saturated rings. The molecule has 0 saturated heterocycles. The molecule has 0 heterocycles. The molecule has 0 bridgehead atoms. The van der Waals surface area contributed by atoms with Gasteiger partial charge in [0.25, 0.3) is 0 Å². The monoisotopic (exact) mass is 224 g/mol. The number of fused-ring (bicyclic) bond motifs is 1. The quantitative estimate of drug-likeness (QED) is 0.625. The van der Waals surface area contributed by atoms with Crippen molar-refractivity contribution in [3.05, 3.63) is 35.9 Å². The molecular formula is C17H20. The predicted octanol–water partition coefficient (Wildman–Crippen LogP) is 4.25. The van der Waals surface area contributed by atoms with Crippen molar-refractivity contribution in [2.45, 2.75) is 39.5 Å². The lowest BCUT2D eigenvalue weighted by molar-refractivity contribution is -0.177. The molecule has 1 aromatic rings. The average molecular weight is 224 g/mol. The standard InChI is InChI=1S/C17H20/c1-3-17-12-10-15(17)13-16(17,2)11-9-14-7-5-4-6-8-14/h4-8,15H,3,10,12-13H2,1-2H3. The van der Waals surface area contributed by atoms with Crippen LogP contribution in [0.5, 0.6) is 0 Å². The normalized spacial score (nSPS) is 38.1. The lowest BCUT2D eigenvalue weighted by Crippen LogP contribution is -2.62. The minimum atomic E-state index is 0.278. The van der Waals surface area contributed by atoms with E-state index in [1.807, 2.05) is 6.07 Å². The molecule has 0 aromatic heterocycles. The first-order valence-electron chi connectivity index (χ1n) is 6.78. The average Bonchev–Trinajstić information content (AvgIpc) is 2.35. The maximum Gasteiger partial charge on any atom is 0.0351 e. The summed E-state index contributed by atoms with van der Waals surface area (Å²) in [5, 5.41) is 0. The van der Waals surface area contributed by atoms with E-state index < -0.39 is 0 Å². The zero-order valence-electron chi connectivity index (χ0n) is 10.8. The van der Waals surface area contributed by atoms with Gasteiger partial charge in [0.05, 0.1) is 0 Å². The zero-order chi connectivity index (χ0) is 11.9. The van der Waals surface area contributed by atoms with Crippen LogP contribution in [0.3, 0.4) is 0 Å². The van der Waals surface area contributed by atoms with Crippen molar-refractivity contribution < 1.29 is 0 Å². The molecule has 0 spiro atoms. The Morgan fingerprint density at radius 1 is 1.29 bits per heavy atom. The van der Waals surface area contributed by atoms with Gasteiger partial charge in [0.1, 0.15) is 0 Å². The van der Waals surface area contributed by atoms with Crippen LogP contribution in [0.15, 0.2) is 30.3 Å². The van der Waals surface area contributed by atoms with Crippen LogP contribution in [-0.4, -0.2) is 0 Å². The highest BCUT2D eigenvalue weighted by Crippen LogP contribution is 2.72. The van der Waals surface area contributed by atoms with Crippen molar-refractivity contribution in [1.29, 1.82) is 0 Å². The fourth-order valence-electron chi connectivity index (χ4n) is 4.05. The van der Waals surface area contributed by atoms with E-state index in [0.717, 1.165) is 11.5 Å². The lowest BCUT2D eigenvalue weighted by Gasteiger charge is -2.68. The summed E-state index contributed by atoms with van der Waals surface area (Å²) in [6.07, 6.45) is 5.46. The summed E-state index contributed by atoms with van der Waals surface area (Å²) in [7, 11) is 0. The fourth-order valence-corrected chi connectivity index (χ4v) is 4.05. The highest BCUT2D eigenvalue weighted by atomic mass is 14.7. The topological polar surface area (TPSA) is 0 Å². The number of rotatable bonds is 1. The van der Waals surface area contributed by atoms with Gasteiger partial charge in [-0.15, -0.1) is 0 Å². The van der Waals surface area contributed by atoms with Crippen LogP contribution in [0.1, 0.15) is 45.1 Å². The minimum absolute atomic E-state index is 0.278. The highest BCUT2D eigenvalue weighted by Gasteiger charge is 2.65. The number of hydrogen-bond donors (Lipinski definition) is 0. The Labute approximate surface area is 104 Å². The van der Waals surface area contributed by atoms with Gasteiger partial charge >= 0.3 is 0 Å². The third-order valence-electron chi connectivity index (χ3n) is 5.36. The first kappa shape index (κ1) is 10.9. The van der Waals surface area contributed by atoms with Gasteiger partial charge in [-0.25, -0.2) is 0 Å². The predicted molar refractivity (Wildman–Crippen MR) is 71.5 cm³/mol. The molecule has 3 atom stereocenters. The Balaban J connectivity index is 1.85. The molecule has 3 unspecified atom stereocenters. The Morgan fingerprint density at radius 3 is 2.59 bits per heavy atom. The maximum absolute atomic E-state index is 3.58. The maximum atomic E-state index is 3.58. The molecule has 88 valence electrons. The van der Waals surface area contributed by atoms with E-state index >= 15 is 0 Å². The van der Waals surface area contributed by atoms with Crippen LogP contribution in [0.4, 0.5) is 0 Å². The molecule has 0 radical (unpaired) electrons. The van der Waals surface area contributed by atoms with Crippen molar-refractivity contribution in [2.75, 3.05) is 0 Å². The van der Waals surface area contributed by atoms with Gasteiger partial charge < -0.3 is 0 Å². The van der Waals surface area contributed by atoms with E-state index in [1.165, 1.54) is 25.7 Å². The van der Waals surface area contributed by atoms with E-state index in [9.17, 15) is 0 Å². The van der Waals surface area contributed by atoms with Gasteiger partial charge in [-0.05, 0) is 56.1 Å². The second kappa shape index (κ2) is 3.64. The zero-order valence-corrected chi connectivity index (χ0v) is 10.8. The van der Waals surface area contributed by atoms with Gasteiger partial charge in [-0.2, -0.15) is 0 Å². The molecule has 2 aliphatic rings. The molecular weight excluding hydrogens is 204 g/mol. The van der Waals surface area contributed by atoms with Crippen molar-refractivity contribution in [3.8, 4) is 11.8 Å². The molecule has 0 amide bonds. The second-order valence-electron chi connectivity index (χ2n) is 5.90. The van der Waals surface area contributed by atoms with Gasteiger partial charge in [0.15, 0.2) is 0 Å². The Kier molecular flexibility index (Phi) is 2.33. The van der Waals surface area contributed by atoms with Gasteiger partial charge in [0.2, 0.25) is 0 Å². The minimum Gasteiger partial charge on any atom is -0.0908 e. The fraction of sp³-hybridized carbons (Fsp3) is 0.529. The van der Waals surface area contributed by atoms with Crippen molar-refractivity contribution in [1.82, 2.24) is 0 Å². The van der Waals surface area contributed by atoms with Crippen molar-refractivity contribution >= 4 is 0 Å². The summed E-state index contributed by atoms with van der Waals surface area (Å²) < 4.78 is 0. The van der Waals surface area contributed by atoms with E-state index in [-0.39, 0.29) is 5.41 Å². The lowest BCUT2D eigenvalue weighted by atomic mass is 9.35. The smallest absolute Gasteiger partial charge is 0.0351 e. The molecule has 17 heavy (non-hydrogen) atoms. The van der Waals surface area contributed by atoms with Crippen molar-refractivity contribution in [3.63, 3.8) is 0 Å². The summed E-state index contributed by atoms with van der Waals surface area (Å²) in [5.74, 6) is 7.94. The third-order valence-corrected chi connectivity index (χ3v) is 5.36. The number of benzene rings is 1. The van der Waals surface area contributed by atoms with Crippen LogP contribution in [-0.2, 0) is 0 Å².